The third-order valence-electron chi connectivity index (χ3n) is 4.84. The standard InChI is InChI=1S/C16H32N2/c1-16(2,3)18(12-14-6-4-5-7-14)13-15-8-10-17-11-9-15/h14-15,17H,4-13H2,1-3H3. The highest BCUT2D eigenvalue weighted by molar-refractivity contribution is 4.83. The Bertz CT molecular complexity index is 232. The highest BCUT2D eigenvalue weighted by Crippen LogP contribution is 2.29. The lowest BCUT2D eigenvalue weighted by atomic mass is 9.93. The average molecular weight is 252 g/mol. The van der Waals surface area contributed by atoms with Gasteiger partial charge in [0.2, 0.25) is 0 Å². The van der Waals surface area contributed by atoms with E-state index >= 15 is 0 Å². The molecule has 106 valence electrons. The lowest BCUT2D eigenvalue weighted by molar-refractivity contribution is 0.0854. The Morgan fingerprint density at radius 2 is 1.39 bits per heavy atom. The molecule has 2 aliphatic rings. The fourth-order valence-electron chi connectivity index (χ4n) is 3.50. The van der Waals surface area contributed by atoms with Crippen molar-refractivity contribution in [3.05, 3.63) is 0 Å². The van der Waals surface area contributed by atoms with Gasteiger partial charge in [-0.2, -0.15) is 0 Å². The lowest BCUT2D eigenvalue weighted by Gasteiger charge is -2.40. The summed E-state index contributed by atoms with van der Waals surface area (Å²) in [5.41, 5.74) is 0.341. The first-order valence-electron chi connectivity index (χ1n) is 8.01. The molecule has 1 aliphatic carbocycles. The Kier molecular flexibility index (Phi) is 5.08. The van der Waals surface area contributed by atoms with Gasteiger partial charge in [-0.05, 0) is 71.4 Å². The number of nitrogens with one attached hydrogen (secondary N) is 1. The minimum absolute atomic E-state index is 0.341. The zero-order valence-electron chi connectivity index (χ0n) is 12.7. The summed E-state index contributed by atoms with van der Waals surface area (Å²) >= 11 is 0. The van der Waals surface area contributed by atoms with E-state index in [0.717, 1.165) is 11.8 Å². The molecular weight excluding hydrogens is 220 g/mol. The molecule has 0 amide bonds. The zero-order chi connectivity index (χ0) is 13.0. The molecule has 2 heteroatoms. The molecule has 1 heterocycles. The topological polar surface area (TPSA) is 15.3 Å². The van der Waals surface area contributed by atoms with Gasteiger partial charge in [-0.25, -0.2) is 0 Å². The SMILES string of the molecule is CC(C)(C)N(CC1CCCC1)CC1CCNCC1. The van der Waals surface area contributed by atoms with Gasteiger partial charge in [-0.1, -0.05) is 12.8 Å². The second kappa shape index (κ2) is 6.38. The van der Waals surface area contributed by atoms with Crippen molar-refractivity contribution in [3.8, 4) is 0 Å². The van der Waals surface area contributed by atoms with Crippen LogP contribution in [-0.4, -0.2) is 36.6 Å². The fourth-order valence-corrected chi connectivity index (χ4v) is 3.50. The van der Waals surface area contributed by atoms with Crippen LogP contribution < -0.4 is 5.32 Å². The Morgan fingerprint density at radius 3 is 1.89 bits per heavy atom. The van der Waals surface area contributed by atoms with Crippen LogP contribution in [0.3, 0.4) is 0 Å². The molecule has 1 N–H and O–H groups in total. The largest absolute Gasteiger partial charge is 0.317 e. The van der Waals surface area contributed by atoms with E-state index in [-0.39, 0.29) is 0 Å². The average Bonchev–Trinajstić information content (AvgIpc) is 2.81. The Balaban J connectivity index is 1.87. The molecule has 0 radical (unpaired) electrons. The number of rotatable bonds is 4. The van der Waals surface area contributed by atoms with E-state index in [9.17, 15) is 0 Å². The Hall–Kier alpha value is -0.0800. The summed E-state index contributed by atoms with van der Waals surface area (Å²) < 4.78 is 0. The zero-order valence-corrected chi connectivity index (χ0v) is 12.7. The maximum absolute atomic E-state index is 3.48. The van der Waals surface area contributed by atoms with Gasteiger partial charge in [0.15, 0.2) is 0 Å². The molecule has 2 rings (SSSR count). The van der Waals surface area contributed by atoms with E-state index < -0.39 is 0 Å². The highest BCUT2D eigenvalue weighted by Gasteiger charge is 2.28. The van der Waals surface area contributed by atoms with E-state index in [2.05, 4.69) is 31.0 Å². The lowest BCUT2D eigenvalue weighted by Crippen LogP contribution is -2.47. The van der Waals surface area contributed by atoms with E-state index in [1.54, 1.807) is 0 Å². The van der Waals surface area contributed by atoms with Gasteiger partial charge in [0.05, 0.1) is 0 Å². The van der Waals surface area contributed by atoms with Gasteiger partial charge in [0.25, 0.3) is 0 Å². The molecule has 2 nitrogen and oxygen atoms in total. The van der Waals surface area contributed by atoms with Crippen molar-refractivity contribution in [3.63, 3.8) is 0 Å². The van der Waals surface area contributed by atoms with Crippen molar-refractivity contribution in [1.82, 2.24) is 10.2 Å². The summed E-state index contributed by atoms with van der Waals surface area (Å²) in [6.07, 6.45) is 8.62. The molecule has 18 heavy (non-hydrogen) atoms. The molecule has 1 aliphatic heterocycles. The van der Waals surface area contributed by atoms with E-state index in [1.165, 1.54) is 64.7 Å². The number of piperidine rings is 1. The molecular formula is C16H32N2. The molecule has 0 aromatic rings. The maximum Gasteiger partial charge on any atom is 0.0125 e. The van der Waals surface area contributed by atoms with Crippen LogP contribution in [0.1, 0.15) is 59.3 Å². The number of hydrogen-bond acceptors (Lipinski definition) is 2. The van der Waals surface area contributed by atoms with Crippen LogP contribution in [0.15, 0.2) is 0 Å². The van der Waals surface area contributed by atoms with Crippen LogP contribution >= 0.6 is 0 Å². The molecule has 0 aromatic heterocycles. The van der Waals surface area contributed by atoms with Crippen molar-refractivity contribution in [2.24, 2.45) is 11.8 Å². The molecule has 0 aromatic carbocycles. The second-order valence-corrected chi connectivity index (χ2v) is 7.42. The van der Waals surface area contributed by atoms with Gasteiger partial charge in [0, 0.05) is 18.6 Å². The highest BCUT2D eigenvalue weighted by atomic mass is 15.2. The first kappa shape index (κ1) is 14.3. The van der Waals surface area contributed by atoms with Crippen LogP contribution in [0, 0.1) is 11.8 Å². The molecule has 0 bridgehead atoms. The first-order chi connectivity index (χ1) is 8.55. The molecule has 0 spiro atoms. The van der Waals surface area contributed by atoms with Crippen LogP contribution in [0.5, 0.6) is 0 Å². The van der Waals surface area contributed by atoms with Crippen molar-refractivity contribution < 1.29 is 0 Å². The maximum atomic E-state index is 3.48. The summed E-state index contributed by atoms with van der Waals surface area (Å²) in [7, 11) is 0. The summed E-state index contributed by atoms with van der Waals surface area (Å²) in [5, 5.41) is 3.48. The van der Waals surface area contributed by atoms with Gasteiger partial charge in [-0.15, -0.1) is 0 Å². The molecule has 1 saturated carbocycles. The molecule has 0 unspecified atom stereocenters. The second-order valence-electron chi connectivity index (χ2n) is 7.42. The van der Waals surface area contributed by atoms with Crippen molar-refractivity contribution in [2.45, 2.75) is 64.8 Å². The normalized spacial score (nSPS) is 24.0. The van der Waals surface area contributed by atoms with E-state index in [4.69, 9.17) is 0 Å². The van der Waals surface area contributed by atoms with Gasteiger partial charge in [0.1, 0.15) is 0 Å². The third-order valence-corrected chi connectivity index (χ3v) is 4.84. The van der Waals surface area contributed by atoms with Crippen LogP contribution in [0.4, 0.5) is 0 Å². The summed E-state index contributed by atoms with van der Waals surface area (Å²) in [6, 6.07) is 0. The van der Waals surface area contributed by atoms with Gasteiger partial charge in [-0.3, -0.25) is 4.90 Å². The van der Waals surface area contributed by atoms with Crippen molar-refractivity contribution in [2.75, 3.05) is 26.2 Å². The summed E-state index contributed by atoms with van der Waals surface area (Å²) in [5.74, 6) is 1.90. The van der Waals surface area contributed by atoms with Crippen LogP contribution in [0.25, 0.3) is 0 Å². The smallest absolute Gasteiger partial charge is 0.0125 e. The summed E-state index contributed by atoms with van der Waals surface area (Å²) in [6.45, 7) is 12.3. The van der Waals surface area contributed by atoms with Gasteiger partial charge >= 0.3 is 0 Å². The van der Waals surface area contributed by atoms with Gasteiger partial charge < -0.3 is 5.32 Å². The van der Waals surface area contributed by atoms with E-state index in [0.29, 0.717) is 5.54 Å². The number of nitrogens with zero attached hydrogens (tertiary/aromatic N) is 1. The molecule has 0 atom stereocenters. The summed E-state index contributed by atoms with van der Waals surface area (Å²) in [4.78, 5) is 2.78. The minimum atomic E-state index is 0.341. The van der Waals surface area contributed by atoms with E-state index in [1.807, 2.05) is 0 Å². The Morgan fingerprint density at radius 1 is 0.889 bits per heavy atom. The molecule has 1 saturated heterocycles. The number of hydrogen-bond donors (Lipinski definition) is 1. The fraction of sp³-hybridized carbons (Fsp3) is 1.00. The minimum Gasteiger partial charge on any atom is -0.317 e. The van der Waals surface area contributed by atoms with Crippen molar-refractivity contribution in [1.29, 1.82) is 0 Å². The van der Waals surface area contributed by atoms with Crippen LogP contribution in [0.2, 0.25) is 0 Å². The van der Waals surface area contributed by atoms with Crippen LogP contribution in [-0.2, 0) is 0 Å². The first-order valence-corrected chi connectivity index (χ1v) is 8.01. The molecule has 2 fully saturated rings. The Labute approximate surface area is 114 Å². The van der Waals surface area contributed by atoms with Crippen molar-refractivity contribution >= 4 is 0 Å². The predicted molar refractivity (Wildman–Crippen MR) is 78.9 cm³/mol. The predicted octanol–water partition coefficient (Wildman–Crippen LogP) is 3.28. The third kappa shape index (κ3) is 4.24. The quantitative estimate of drug-likeness (QED) is 0.826. The monoisotopic (exact) mass is 252 g/mol.